The molecule has 0 amide bonds. The van der Waals surface area contributed by atoms with Crippen LogP contribution >= 0.6 is 35.7 Å². The highest BCUT2D eigenvalue weighted by molar-refractivity contribution is 14.0. The van der Waals surface area contributed by atoms with Crippen molar-refractivity contribution < 1.29 is 4.74 Å². The van der Waals surface area contributed by atoms with Crippen LogP contribution in [0.3, 0.4) is 0 Å². The molecule has 0 bridgehead atoms. The summed E-state index contributed by atoms with van der Waals surface area (Å²) in [7, 11) is 1.90. The van der Waals surface area contributed by atoms with Gasteiger partial charge in [0.05, 0.1) is 13.2 Å². The summed E-state index contributed by atoms with van der Waals surface area (Å²) in [5, 5.41) is 3.57. The number of halogens is 1. The minimum absolute atomic E-state index is 0. The van der Waals surface area contributed by atoms with Crippen LogP contribution in [0.5, 0.6) is 0 Å². The fourth-order valence-electron chi connectivity index (χ4n) is 3.71. The molecule has 0 saturated carbocycles. The first-order valence-corrected chi connectivity index (χ1v) is 11.3. The summed E-state index contributed by atoms with van der Waals surface area (Å²) in [4.78, 5) is 10.8. The monoisotopic (exact) mass is 518 g/mol. The summed E-state index contributed by atoms with van der Waals surface area (Å²) in [6, 6.07) is 10.7. The van der Waals surface area contributed by atoms with Crippen molar-refractivity contribution >= 4 is 41.7 Å². The lowest BCUT2D eigenvalue weighted by Gasteiger charge is -2.26. The van der Waals surface area contributed by atoms with Gasteiger partial charge in [-0.3, -0.25) is 9.89 Å². The Morgan fingerprint density at radius 2 is 1.96 bits per heavy atom. The largest absolute Gasteiger partial charge is 0.379 e. The number of morpholine rings is 1. The molecule has 5 nitrogen and oxygen atoms in total. The lowest BCUT2D eigenvalue weighted by molar-refractivity contribution is 0.0372. The number of aliphatic imine (C=N–C) groups is 1. The molecule has 0 aromatic heterocycles. The van der Waals surface area contributed by atoms with E-state index in [2.05, 4.69) is 50.4 Å². The molecule has 0 aliphatic carbocycles. The predicted molar refractivity (Wildman–Crippen MR) is 130 cm³/mol. The van der Waals surface area contributed by atoms with Gasteiger partial charge in [0.2, 0.25) is 0 Å². The molecule has 2 saturated heterocycles. The average molecular weight is 519 g/mol. The smallest absolute Gasteiger partial charge is 0.193 e. The van der Waals surface area contributed by atoms with E-state index in [-0.39, 0.29) is 24.0 Å². The van der Waals surface area contributed by atoms with Crippen LogP contribution in [0.15, 0.2) is 40.2 Å². The van der Waals surface area contributed by atoms with Crippen molar-refractivity contribution in [1.82, 2.24) is 15.1 Å². The summed E-state index contributed by atoms with van der Waals surface area (Å²) < 4.78 is 5.40. The molecule has 7 heteroatoms. The number of hydrogen-bond acceptors (Lipinski definition) is 4. The molecule has 0 radical (unpaired) electrons. The van der Waals surface area contributed by atoms with Crippen LogP contribution in [0.4, 0.5) is 0 Å². The third kappa shape index (κ3) is 8.08. The highest BCUT2D eigenvalue weighted by atomic mass is 127. The normalized spacial score (nSPS) is 20.8. The Morgan fingerprint density at radius 1 is 1.18 bits per heavy atom. The maximum Gasteiger partial charge on any atom is 0.193 e. The van der Waals surface area contributed by atoms with Gasteiger partial charge >= 0.3 is 0 Å². The van der Waals surface area contributed by atoms with E-state index in [0.717, 1.165) is 57.8 Å². The number of guanidine groups is 1. The van der Waals surface area contributed by atoms with Crippen LogP contribution in [-0.2, 0) is 4.74 Å². The van der Waals surface area contributed by atoms with Gasteiger partial charge in [0.15, 0.2) is 5.96 Å². The molecule has 2 fully saturated rings. The topological polar surface area (TPSA) is 40.1 Å². The van der Waals surface area contributed by atoms with Crippen LogP contribution in [0.1, 0.15) is 19.3 Å². The van der Waals surface area contributed by atoms with E-state index < -0.39 is 0 Å². The second kappa shape index (κ2) is 13.7. The Hall–Kier alpha value is -0.510. The van der Waals surface area contributed by atoms with Gasteiger partial charge in [-0.15, -0.1) is 35.7 Å². The Bertz CT molecular complexity index is 569. The fourth-order valence-corrected chi connectivity index (χ4v) is 4.76. The molecule has 1 aromatic rings. The van der Waals surface area contributed by atoms with Crippen molar-refractivity contribution in [1.29, 1.82) is 0 Å². The van der Waals surface area contributed by atoms with Gasteiger partial charge < -0.3 is 15.0 Å². The van der Waals surface area contributed by atoms with E-state index >= 15 is 0 Å². The predicted octanol–water partition coefficient (Wildman–Crippen LogP) is 3.41. The quantitative estimate of drug-likeness (QED) is 0.188. The molecular formula is C21H35IN4OS. The van der Waals surface area contributed by atoms with E-state index in [4.69, 9.17) is 4.74 Å². The fraction of sp³-hybridized carbons (Fsp3) is 0.667. The molecular weight excluding hydrogens is 483 g/mol. The van der Waals surface area contributed by atoms with Crippen LogP contribution in [-0.4, -0.2) is 81.0 Å². The Labute approximate surface area is 191 Å². The number of rotatable bonds is 8. The van der Waals surface area contributed by atoms with Gasteiger partial charge in [-0.1, -0.05) is 18.2 Å². The highest BCUT2D eigenvalue weighted by Gasteiger charge is 2.24. The standard InChI is InChI=1S/C21H34N4OS.HI/c1-22-21(23-10-5-6-11-24-13-15-26-16-14-24)25-12-9-19(17-25)18-27-20-7-3-2-4-8-20;/h2-4,7-8,19H,5-6,9-18H2,1H3,(H,22,23);1H. The summed E-state index contributed by atoms with van der Waals surface area (Å²) in [5.74, 6) is 3.01. The number of likely N-dealkylation sites (tertiary alicyclic amines) is 1. The van der Waals surface area contributed by atoms with Crippen LogP contribution in [0.2, 0.25) is 0 Å². The zero-order valence-electron chi connectivity index (χ0n) is 17.0. The first kappa shape index (κ1) is 23.8. The van der Waals surface area contributed by atoms with Gasteiger partial charge in [-0.25, -0.2) is 0 Å². The minimum atomic E-state index is 0. The van der Waals surface area contributed by atoms with Crippen LogP contribution in [0.25, 0.3) is 0 Å². The first-order valence-electron chi connectivity index (χ1n) is 10.3. The third-order valence-electron chi connectivity index (χ3n) is 5.31. The maximum atomic E-state index is 5.40. The first-order chi connectivity index (χ1) is 13.3. The second-order valence-electron chi connectivity index (χ2n) is 7.36. The van der Waals surface area contributed by atoms with Crippen molar-refractivity contribution in [2.45, 2.75) is 24.2 Å². The maximum absolute atomic E-state index is 5.40. The van der Waals surface area contributed by atoms with E-state index in [1.807, 2.05) is 18.8 Å². The van der Waals surface area contributed by atoms with Crippen molar-refractivity contribution in [3.05, 3.63) is 30.3 Å². The number of nitrogens with one attached hydrogen (secondary N) is 1. The number of benzene rings is 1. The van der Waals surface area contributed by atoms with Crippen LogP contribution in [0, 0.1) is 5.92 Å². The van der Waals surface area contributed by atoms with E-state index in [9.17, 15) is 0 Å². The van der Waals surface area contributed by atoms with Gasteiger partial charge in [0.1, 0.15) is 0 Å². The van der Waals surface area contributed by atoms with Crippen molar-refractivity contribution in [2.75, 3.05) is 65.3 Å². The summed E-state index contributed by atoms with van der Waals surface area (Å²) in [5.41, 5.74) is 0. The Balaban J connectivity index is 0.00000280. The molecule has 28 heavy (non-hydrogen) atoms. The number of hydrogen-bond donors (Lipinski definition) is 1. The van der Waals surface area contributed by atoms with Crippen LogP contribution < -0.4 is 5.32 Å². The van der Waals surface area contributed by atoms with Gasteiger partial charge in [-0.2, -0.15) is 0 Å². The zero-order chi connectivity index (χ0) is 18.7. The molecule has 1 atom stereocenters. The molecule has 2 heterocycles. The minimum Gasteiger partial charge on any atom is -0.379 e. The molecule has 2 aliphatic heterocycles. The Morgan fingerprint density at radius 3 is 2.71 bits per heavy atom. The van der Waals surface area contributed by atoms with Crippen molar-refractivity contribution in [2.24, 2.45) is 10.9 Å². The lowest BCUT2D eigenvalue weighted by Crippen LogP contribution is -2.41. The van der Waals surface area contributed by atoms with Crippen molar-refractivity contribution in [3.8, 4) is 0 Å². The molecule has 1 unspecified atom stereocenters. The summed E-state index contributed by atoms with van der Waals surface area (Å²) in [6.07, 6.45) is 3.69. The van der Waals surface area contributed by atoms with Gasteiger partial charge in [-0.05, 0) is 43.9 Å². The van der Waals surface area contributed by atoms with E-state index in [0.29, 0.717) is 0 Å². The molecule has 0 spiro atoms. The van der Waals surface area contributed by atoms with Gasteiger partial charge in [0, 0.05) is 50.4 Å². The summed E-state index contributed by atoms with van der Waals surface area (Å²) in [6.45, 7) is 8.40. The number of thioether (sulfide) groups is 1. The molecule has 2 aliphatic rings. The third-order valence-corrected chi connectivity index (χ3v) is 6.56. The number of unbranched alkanes of at least 4 members (excludes halogenated alkanes) is 1. The summed E-state index contributed by atoms with van der Waals surface area (Å²) >= 11 is 1.98. The van der Waals surface area contributed by atoms with E-state index in [1.165, 1.54) is 36.5 Å². The lowest BCUT2D eigenvalue weighted by atomic mass is 10.2. The molecule has 1 aromatic carbocycles. The number of ether oxygens (including phenoxy) is 1. The Kier molecular flexibility index (Phi) is 11.6. The average Bonchev–Trinajstić information content (AvgIpc) is 3.19. The van der Waals surface area contributed by atoms with Crippen molar-refractivity contribution in [3.63, 3.8) is 0 Å². The molecule has 1 N–H and O–H groups in total. The second-order valence-corrected chi connectivity index (χ2v) is 8.45. The SMILES string of the molecule is CN=C(NCCCCN1CCOCC1)N1CCC(CSc2ccccc2)C1.I. The molecule has 158 valence electrons. The molecule has 3 rings (SSSR count). The van der Waals surface area contributed by atoms with Gasteiger partial charge in [0.25, 0.3) is 0 Å². The highest BCUT2D eigenvalue weighted by Crippen LogP contribution is 2.25. The zero-order valence-corrected chi connectivity index (χ0v) is 20.2. The number of nitrogens with zero attached hydrogens (tertiary/aromatic N) is 3. The van der Waals surface area contributed by atoms with E-state index in [1.54, 1.807) is 0 Å².